The highest BCUT2D eigenvalue weighted by molar-refractivity contribution is 5.81. The molecule has 9 heteroatoms. The zero-order valence-corrected chi connectivity index (χ0v) is 15.3. The summed E-state index contributed by atoms with van der Waals surface area (Å²) >= 11 is 0. The van der Waals surface area contributed by atoms with Crippen molar-refractivity contribution >= 4 is 12.0 Å². The summed E-state index contributed by atoms with van der Waals surface area (Å²) in [5, 5.41) is 10.1. The molecule has 2 N–H and O–H groups in total. The molecule has 0 aliphatic rings. The first-order chi connectivity index (χ1) is 13.6. The Bertz CT molecular complexity index is 1050. The Morgan fingerprint density at radius 1 is 1.25 bits per heavy atom. The summed E-state index contributed by atoms with van der Waals surface area (Å²) in [6.45, 7) is 1.77. The van der Waals surface area contributed by atoms with Crippen LogP contribution in [0.25, 0.3) is 0 Å². The second-order valence-corrected chi connectivity index (χ2v) is 5.73. The van der Waals surface area contributed by atoms with E-state index in [1.165, 1.54) is 19.4 Å². The third-order valence-corrected chi connectivity index (χ3v) is 3.79. The van der Waals surface area contributed by atoms with Gasteiger partial charge in [0.05, 0.1) is 13.3 Å². The van der Waals surface area contributed by atoms with E-state index in [2.05, 4.69) is 25.7 Å². The predicted octanol–water partition coefficient (Wildman–Crippen LogP) is 2.65. The van der Waals surface area contributed by atoms with Gasteiger partial charge in [0.1, 0.15) is 18.1 Å². The van der Waals surface area contributed by atoms with Crippen molar-refractivity contribution in [2.24, 2.45) is 5.10 Å². The highest BCUT2D eigenvalue weighted by Gasteiger charge is 2.08. The van der Waals surface area contributed by atoms with Crippen LogP contribution >= 0.6 is 0 Å². The number of hydrogen-bond donors (Lipinski definition) is 2. The van der Waals surface area contributed by atoms with Crippen LogP contribution in [-0.2, 0) is 6.61 Å². The fourth-order valence-corrected chi connectivity index (χ4v) is 2.32. The molecule has 0 unspecified atom stereocenters. The van der Waals surface area contributed by atoms with Crippen molar-refractivity contribution in [1.82, 2.24) is 15.2 Å². The number of ether oxygens (including phenoxy) is 2. The average molecular weight is 383 g/mol. The third-order valence-electron chi connectivity index (χ3n) is 3.79. The molecule has 2 aromatic carbocycles. The summed E-state index contributed by atoms with van der Waals surface area (Å²) in [6, 6.07) is 11.6. The van der Waals surface area contributed by atoms with Crippen LogP contribution < -0.4 is 20.6 Å². The van der Waals surface area contributed by atoms with Crippen molar-refractivity contribution < 1.29 is 13.9 Å². The van der Waals surface area contributed by atoms with Gasteiger partial charge in [-0.2, -0.15) is 15.2 Å². The van der Waals surface area contributed by atoms with Crippen LogP contribution in [0, 0.1) is 12.7 Å². The predicted molar refractivity (Wildman–Crippen MR) is 102 cm³/mol. The van der Waals surface area contributed by atoms with E-state index >= 15 is 0 Å². The summed E-state index contributed by atoms with van der Waals surface area (Å²) < 4.78 is 24.7. The van der Waals surface area contributed by atoms with Crippen molar-refractivity contribution in [3.63, 3.8) is 0 Å². The van der Waals surface area contributed by atoms with Gasteiger partial charge in [-0.25, -0.2) is 14.3 Å². The van der Waals surface area contributed by atoms with Crippen molar-refractivity contribution in [2.75, 3.05) is 12.5 Å². The monoisotopic (exact) mass is 383 g/mol. The molecule has 3 aromatic rings. The van der Waals surface area contributed by atoms with E-state index in [1.807, 2.05) is 0 Å². The minimum atomic E-state index is -0.568. The number of aromatic amines is 1. The van der Waals surface area contributed by atoms with Gasteiger partial charge in [0.15, 0.2) is 17.3 Å². The number of hydrazone groups is 1. The van der Waals surface area contributed by atoms with Gasteiger partial charge in [0.25, 0.3) is 0 Å². The molecular weight excluding hydrogens is 365 g/mol. The molecule has 0 amide bonds. The van der Waals surface area contributed by atoms with E-state index in [-0.39, 0.29) is 18.2 Å². The Hall–Kier alpha value is -3.75. The van der Waals surface area contributed by atoms with E-state index in [1.54, 1.807) is 43.3 Å². The first-order valence-corrected chi connectivity index (χ1v) is 8.33. The fraction of sp³-hybridized carbons (Fsp3) is 0.158. The number of benzene rings is 2. The molecule has 144 valence electrons. The molecule has 0 bridgehead atoms. The SMILES string of the molecule is COc1cc(/C=N\Nc2nc(=O)[nH]nc2C)ccc1OCc1ccccc1F. The smallest absolute Gasteiger partial charge is 0.363 e. The Morgan fingerprint density at radius 2 is 2.07 bits per heavy atom. The van der Waals surface area contributed by atoms with Gasteiger partial charge in [0.2, 0.25) is 0 Å². The molecule has 0 spiro atoms. The van der Waals surface area contributed by atoms with Crippen LogP contribution in [-0.4, -0.2) is 28.5 Å². The number of aromatic nitrogens is 3. The molecule has 28 heavy (non-hydrogen) atoms. The lowest BCUT2D eigenvalue weighted by molar-refractivity contribution is 0.279. The highest BCUT2D eigenvalue weighted by Crippen LogP contribution is 2.28. The average Bonchev–Trinajstić information content (AvgIpc) is 2.70. The van der Waals surface area contributed by atoms with Crippen LogP contribution in [0.2, 0.25) is 0 Å². The summed E-state index contributed by atoms with van der Waals surface area (Å²) in [6.07, 6.45) is 1.53. The molecule has 0 fully saturated rings. The standard InChI is InChI=1S/C19H18FN5O3/c1-12-18(22-19(26)25-23-12)24-21-10-13-7-8-16(17(9-13)27-2)28-11-14-5-3-4-6-15(14)20/h3-10H,11H2,1-2H3,(H2,22,24,25,26)/b21-10-. The van der Waals surface area contributed by atoms with Crippen LogP contribution in [0.1, 0.15) is 16.8 Å². The highest BCUT2D eigenvalue weighted by atomic mass is 19.1. The van der Waals surface area contributed by atoms with Crippen molar-refractivity contribution in [2.45, 2.75) is 13.5 Å². The molecule has 0 saturated carbocycles. The van der Waals surface area contributed by atoms with Crippen LogP contribution in [0.4, 0.5) is 10.2 Å². The van der Waals surface area contributed by atoms with E-state index in [4.69, 9.17) is 9.47 Å². The Labute approximate surface area is 160 Å². The molecule has 0 atom stereocenters. The van der Waals surface area contributed by atoms with Crippen LogP contribution in [0.3, 0.4) is 0 Å². The number of methoxy groups -OCH3 is 1. The number of nitrogens with one attached hydrogen (secondary N) is 2. The van der Waals surface area contributed by atoms with E-state index < -0.39 is 5.69 Å². The van der Waals surface area contributed by atoms with E-state index in [0.29, 0.717) is 22.8 Å². The zero-order valence-electron chi connectivity index (χ0n) is 15.3. The van der Waals surface area contributed by atoms with Crippen molar-refractivity contribution in [3.8, 4) is 11.5 Å². The van der Waals surface area contributed by atoms with Gasteiger partial charge < -0.3 is 9.47 Å². The van der Waals surface area contributed by atoms with Gasteiger partial charge in [-0.15, -0.1) is 0 Å². The minimum absolute atomic E-state index is 0.0819. The number of nitrogens with zero attached hydrogens (tertiary/aromatic N) is 3. The minimum Gasteiger partial charge on any atom is -0.493 e. The lowest BCUT2D eigenvalue weighted by Gasteiger charge is -2.11. The van der Waals surface area contributed by atoms with Crippen LogP contribution in [0.5, 0.6) is 11.5 Å². The van der Waals surface area contributed by atoms with E-state index in [0.717, 1.165) is 5.56 Å². The first kappa shape index (κ1) is 19.0. The van der Waals surface area contributed by atoms with Gasteiger partial charge >= 0.3 is 5.69 Å². The molecule has 3 rings (SSSR count). The second kappa shape index (κ2) is 8.76. The lowest BCUT2D eigenvalue weighted by atomic mass is 10.2. The van der Waals surface area contributed by atoms with E-state index in [9.17, 15) is 9.18 Å². The largest absolute Gasteiger partial charge is 0.493 e. The molecule has 0 aliphatic heterocycles. The molecule has 0 radical (unpaired) electrons. The summed E-state index contributed by atoms with van der Waals surface area (Å²) in [5.41, 5.74) is 3.78. The van der Waals surface area contributed by atoms with Crippen molar-refractivity contribution in [1.29, 1.82) is 0 Å². The lowest BCUT2D eigenvalue weighted by Crippen LogP contribution is -2.15. The van der Waals surface area contributed by atoms with Crippen molar-refractivity contribution in [3.05, 3.63) is 75.6 Å². The number of anilines is 1. The third kappa shape index (κ3) is 4.70. The normalized spacial score (nSPS) is 10.8. The number of hydrogen-bond acceptors (Lipinski definition) is 7. The summed E-state index contributed by atoms with van der Waals surface area (Å²) in [4.78, 5) is 14.9. The Kier molecular flexibility index (Phi) is 5.95. The quantitative estimate of drug-likeness (QED) is 0.480. The van der Waals surface area contributed by atoms with Gasteiger partial charge in [-0.3, -0.25) is 5.43 Å². The number of rotatable bonds is 7. The maximum atomic E-state index is 13.7. The maximum absolute atomic E-state index is 13.7. The maximum Gasteiger partial charge on any atom is 0.363 e. The summed E-state index contributed by atoms with van der Waals surface area (Å²) in [7, 11) is 1.51. The Morgan fingerprint density at radius 3 is 2.86 bits per heavy atom. The number of halogens is 1. The molecule has 1 heterocycles. The van der Waals surface area contributed by atoms with Gasteiger partial charge in [-0.05, 0) is 36.8 Å². The number of H-pyrrole nitrogens is 1. The van der Waals surface area contributed by atoms with Crippen LogP contribution in [0.15, 0.2) is 52.4 Å². The molecule has 1 aromatic heterocycles. The zero-order chi connectivity index (χ0) is 19.9. The first-order valence-electron chi connectivity index (χ1n) is 8.33. The molecular formula is C19H18FN5O3. The second-order valence-electron chi connectivity index (χ2n) is 5.73. The topological polar surface area (TPSA) is 101 Å². The van der Waals surface area contributed by atoms with Gasteiger partial charge in [-0.1, -0.05) is 18.2 Å². The van der Waals surface area contributed by atoms with Gasteiger partial charge in [0, 0.05) is 5.56 Å². The number of aryl methyl sites for hydroxylation is 1. The Balaban J connectivity index is 1.69. The molecule has 8 nitrogen and oxygen atoms in total. The molecule has 0 saturated heterocycles. The molecule has 0 aliphatic carbocycles. The summed E-state index contributed by atoms with van der Waals surface area (Å²) in [5.74, 6) is 0.894. The fourth-order valence-electron chi connectivity index (χ4n) is 2.32.